The highest BCUT2D eigenvalue weighted by Gasteiger charge is 2.37. The monoisotopic (exact) mass is 581 g/mol. The number of fused-ring (bicyclic) bond motifs is 3. The van der Waals surface area contributed by atoms with Crippen molar-refractivity contribution < 1.29 is 27.4 Å². The van der Waals surface area contributed by atoms with Gasteiger partial charge in [-0.2, -0.15) is 0 Å². The maximum Gasteiger partial charge on any atom is 0.258 e. The van der Waals surface area contributed by atoms with Crippen LogP contribution in [0.3, 0.4) is 0 Å². The van der Waals surface area contributed by atoms with E-state index in [-0.39, 0.29) is 37.2 Å². The Kier molecular flexibility index (Phi) is 8.89. The SMILES string of the molecule is COC[C@@H]1COc2c(ccnc2OC(C)C)-c2nnc(NS(=O)(=O)[C@@H](C)[C@@H](OC(C)C)c3ncc(Cl)cn3)n21. The summed E-state index contributed by atoms with van der Waals surface area (Å²) in [7, 11) is -2.56. The minimum atomic E-state index is -4.10. The van der Waals surface area contributed by atoms with Crippen LogP contribution in [0.1, 0.15) is 52.6 Å². The van der Waals surface area contributed by atoms with E-state index in [1.807, 2.05) is 13.8 Å². The third-order valence-corrected chi connectivity index (χ3v) is 7.65. The van der Waals surface area contributed by atoms with Crippen LogP contribution >= 0.6 is 11.6 Å². The topological polar surface area (TPSA) is 152 Å². The number of anilines is 1. The van der Waals surface area contributed by atoms with Crippen LogP contribution in [0.4, 0.5) is 5.95 Å². The highest BCUT2D eigenvalue weighted by molar-refractivity contribution is 7.93. The first-order valence-electron chi connectivity index (χ1n) is 12.4. The Labute approximate surface area is 232 Å². The summed E-state index contributed by atoms with van der Waals surface area (Å²) in [4.78, 5) is 12.7. The molecule has 0 bridgehead atoms. The summed E-state index contributed by atoms with van der Waals surface area (Å²) in [6.45, 7) is 9.21. The van der Waals surface area contributed by atoms with E-state index in [4.69, 9.17) is 30.5 Å². The normalized spacial score (nSPS) is 16.7. The lowest BCUT2D eigenvalue weighted by Crippen LogP contribution is -2.35. The molecule has 3 aromatic rings. The Hall–Kier alpha value is -3.07. The van der Waals surface area contributed by atoms with Crippen LogP contribution < -0.4 is 14.2 Å². The molecule has 0 radical (unpaired) electrons. The van der Waals surface area contributed by atoms with Gasteiger partial charge in [-0.1, -0.05) is 11.6 Å². The molecular formula is C24H32ClN7O6S. The van der Waals surface area contributed by atoms with Gasteiger partial charge in [0, 0.05) is 25.7 Å². The van der Waals surface area contributed by atoms with Crippen LogP contribution in [0, 0.1) is 0 Å². The van der Waals surface area contributed by atoms with Crippen molar-refractivity contribution in [2.45, 2.75) is 64.2 Å². The summed E-state index contributed by atoms with van der Waals surface area (Å²) in [6.07, 6.45) is 2.94. The number of methoxy groups -OCH3 is 1. The Balaban J connectivity index is 1.73. The quantitative estimate of drug-likeness (QED) is 0.354. The van der Waals surface area contributed by atoms with Gasteiger partial charge in [0.15, 0.2) is 17.4 Å². The minimum absolute atomic E-state index is 0.00110. The molecule has 15 heteroatoms. The summed E-state index contributed by atoms with van der Waals surface area (Å²) in [5.74, 6) is 1.27. The Bertz CT molecular complexity index is 1380. The van der Waals surface area contributed by atoms with Crippen molar-refractivity contribution in [3.63, 3.8) is 0 Å². The number of pyridine rings is 1. The fourth-order valence-electron chi connectivity index (χ4n) is 4.04. The molecule has 1 aliphatic heterocycles. The van der Waals surface area contributed by atoms with E-state index >= 15 is 0 Å². The van der Waals surface area contributed by atoms with Gasteiger partial charge in [-0.25, -0.2) is 23.4 Å². The largest absolute Gasteiger partial charge is 0.485 e. The Morgan fingerprint density at radius 1 is 1.13 bits per heavy atom. The average Bonchev–Trinajstić information content (AvgIpc) is 3.20. The van der Waals surface area contributed by atoms with E-state index in [2.05, 4.69) is 29.9 Å². The van der Waals surface area contributed by atoms with Crippen molar-refractivity contribution in [3.8, 4) is 23.0 Å². The highest BCUT2D eigenvalue weighted by atomic mass is 35.5. The minimum Gasteiger partial charge on any atom is -0.485 e. The third-order valence-electron chi connectivity index (χ3n) is 5.76. The Morgan fingerprint density at radius 3 is 2.49 bits per heavy atom. The summed E-state index contributed by atoms with van der Waals surface area (Å²) in [5.41, 5.74) is 0.556. The second-order valence-electron chi connectivity index (χ2n) is 9.51. The van der Waals surface area contributed by atoms with Gasteiger partial charge in [0.25, 0.3) is 5.88 Å². The first-order valence-corrected chi connectivity index (χ1v) is 14.3. The number of ether oxygens (including phenoxy) is 4. The summed E-state index contributed by atoms with van der Waals surface area (Å²) in [6, 6.07) is 1.25. The molecular weight excluding hydrogens is 550 g/mol. The van der Waals surface area contributed by atoms with Crippen LogP contribution in [0.15, 0.2) is 24.7 Å². The van der Waals surface area contributed by atoms with Gasteiger partial charge >= 0.3 is 0 Å². The molecule has 1 N–H and O–H groups in total. The summed E-state index contributed by atoms with van der Waals surface area (Å²) in [5, 5.41) is 7.72. The van der Waals surface area contributed by atoms with Crippen molar-refractivity contribution in [1.82, 2.24) is 29.7 Å². The van der Waals surface area contributed by atoms with Gasteiger partial charge < -0.3 is 18.9 Å². The molecule has 3 atom stereocenters. The molecule has 0 spiro atoms. The number of hydrogen-bond donors (Lipinski definition) is 1. The average molecular weight is 582 g/mol. The number of aromatic nitrogens is 6. The predicted molar refractivity (Wildman–Crippen MR) is 143 cm³/mol. The number of sulfonamides is 1. The van der Waals surface area contributed by atoms with Gasteiger partial charge in [-0.15, -0.1) is 10.2 Å². The summed E-state index contributed by atoms with van der Waals surface area (Å²) >= 11 is 5.93. The zero-order valence-electron chi connectivity index (χ0n) is 22.5. The number of nitrogens with zero attached hydrogens (tertiary/aromatic N) is 6. The lowest BCUT2D eigenvalue weighted by Gasteiger charge is -2.26. The molecule has 39 heavy (non-hydrogen) atoms. The second kappa shape index (κ2) is 12.0. The third kappa shape index (κ3) is 6.40. The molecule has 0 amide bonds. The Morgan fingerprint density at radius 2 is 1.85 bits per heavy atom. The molecule has 0 aromatic carbocycles. The molecule has 0 saturated heterocycles. The second-order valence-corrected chi connectivity index (χ2v) is 12.0. The molecule has 1 aliphatic rings. The maximum absolute atomic E-state index is 13.7. The number of nitrogens with one attached hydrogen (secondary N) is 1. The smallest absolute Gasteiger partial charge is 0.258 e. The van der Waals surface area contributed by atoms with Gasteiger partial charge in [-0.3, -0.25) is 9.29 Å². The molecule has 3 aromatic heterocycles. The number of halogens is 1. The van der Waals surface area contributed by atoms with Crippen LogP contribution in [-0.4, -0.2) is 75.9 Å². The van der Waals surface area contributed by atoms with Crippen molar-refractivity contribution >= 4 is 27.6 Å². The lowest BCUT2D eigenvalue weighted by molar-refractivity contribution is 0.00154. The molecule has 0 saturated carbocycles. The van der Waals surface area contributed by atoms with Crippen molar-refractivity contribution in [2.75, 3.05) is 25.0 Å². The van der Waals surface area contributed by atoms with Gasteiger partial charge in [0.05, 0.1) is 35.4 Å². The maximum atomic E-state index is 13.7. The fourth-order valence-corrected chi connectivity index (χ4v) is 5.23. The van der Waals surface area contributed by atoms with E-state index in [0.717, 1.165) is 0 Å². The van der Waals surface area contributed by atoms with Gasteiger partial charge in [0.2, 0.25) is 16.0 Å². The van der Waals surface area contributed by atoms with E-state index < -0.39 is 27.4 Å². The summed E-state index contributed by atoms with van der Waals surface area (Å²) < 4.78 is 54.9. The van der Waals surface area contributed by atoms with Crippen LogP contribution in [-0.2, 0) is 19.5 Å². The van der Waals surface area contributed by atoms with Crippen molar-refractivity contribution in [3.05, 3.63) is 35.5 Å². The van der Waals surface area contributed by atoms with Crippen LogP contribution in [0.5, 0.6) is 11.6 Å². The molecule has 212 valence electrons. The molecule has 0 unspecified atom stereocenters. The first kappa shape index (κ1) is 28.9. The zero-order valence-corrected chi connectivity index (χ0v) is 24.1. The van der Waals surface area contributed by atoms with Crippen LogP contribution in [0.2, 0.25) is 5.02 Å². The molecule has 4 rings (SSSR count). The molecule has 0 fully saturated rings. The van der Waals surface area contributed by atoms with Crippen molar-refractivity contribution in [2.24, 2.45) is 0 Å². The number of rotatable bonds is 11. The van der Waals surface area contributed by atoms with Gasteiger partial charge in [0.1, 0.15) is 18.0 Å². The van der Waals surface area contributed by atoms with E-state index in [1.165, 1.54) is 19.3 Å². The first-order chi connectivity index (χ1) is 18.5. The van der Waals surface area contributed by atoms with Crippen molar-refractivity contribution in [1.29, 1.82) is 0 Å². The fraction of sp³-hybridized carbons (Fsp3) is 0.542. The standard InChI is InChI=1S/C24H32ClN7O6S/c1-13(2)37-19(21-27-9-16(25)10-28-21)15(5)39(33,34)31-24-30-29-22-18-7-8-26-23(38-14(3)4)20(18)36-12-17(11-35-6)32(22)24/h7-10,13-15,17,19H,11-12H2,1-6H3,(H,30,31)/t15-,17+,19+/m0/s1. The molecule has 13 nitrogen and oxygen atoms in total. The highest BCUT2D eigenvalue weighted by Crippen LogP contribution is 2.41. The van der Waals surface area contributed by atoms with E-state index in [9.17, 15) is 8.42 Å². The number of hydrogen-bond acceptors (Lipinski definition) is 11. The lowest BCUT2D eigenvalue weighted by atomic mass is 10.2. The molecule has 4 heterocycles. The van der Waals surface area contributed by atoms with E-state index in [1.54, 1.807) is 37.8 Å². The van der Waals surface area contributed by atoms with Gasteiger partial charge in [-0.05, 0) is 40.7 Å². The zero-order chi connectivity index (χ0) is 28.3. The van der Waals surface area contributed by atoms with Crippen LogP contribution in [0.25, 0.3) is 11.4 Å². The van der Waals surface area contributed by atoms with E-state index in [0.29, 0.717) is 28.0 Å². The molecule has 0 aliphatic carbocycles. The predicted octanol–water partition coefficient (Wildman–Crippen LogP) is 3.45.